The monoisotopic (exact) mass is 331 g/mol. The smallest absolute Gasteiger partial charge is 0.318 e. The Labute approximate surface area is 129 Å². The Hall–Kier alpha value is -1.43. The topological polar surface area (TPSA) is 49.8 Å². The maximum atomic E-state index is 12.1. The molecular formula is C13H11Cl2NO3S. The first kappa shape index (κ1) is 15.0. The number of rotatable bonds is 4. The van der Waals surface area contributed by atoms with Gasteiger partial charge in [-0.05, 0) is 24.3 Å². The Morgan fingerprint density at radius 1 is 1.15 bits per heavy atom. The summed E-state index contributed by atoms with van der Waals surface area (Å²) in [7, 11) is 1.57. The fraction of sp³-hybridized carbons (Fsp3) is 0.0769. The average Bonchev–Trinajstić information content (AvgIpc) is 2.44. The Morgan fingerprint density at radius 2 is 1.70 bits per heavy atom. The van der Waals surface area contributed by atoms with Crippen LogP contribution < -0.4 is 8.49 Å². The van der Waals surface area contributed by atoms with Gasteiger partial charge < -0.3 is 9.29 Å². The summed E-state index contributed by atoms with van der Waals surface area (Å²) >= 11 is 9.90. The highest BCUT2D eigenvalue weighted by Gasteiger charge is 2.15. The molecule has 0 radical (unpaired) electrons. The minimum atomic E-state index is -1.76. The molecule has 0 amide bonds. The van der Waals surface area contributed by atoms with Crippen LogP contribution in [0, 0.1) is 0 Å². The Kier molecular flexibility index (Phi) is 4.75. The van der Waals surface area contributed by atoms with Gasteiger partial charge in [0, 0.05) is 7.05 Å². The third-order valence-corrected chi connectivity index (χ3v) is 4.07. The highest BCUT2D eigenvalue weighted by Crippen LogP contribution is 2.36. The van der Waals surface area contributed by atoms with Gasteiger partial charge in [-0.1, -0.05) is 41.4 Å². The van der Waals surface area contributed by atoms with Crippen LogP contribution in [0.2, 0.25) is 10.0 Å². The number of nitrogens with zero attached hydrogens (tertiary/aromatic N) is 1. The van der Waals surface area contributed by atoms with Crippen molar-refractivity contribution in [2.24, 2.45) is 0 Å². The number of aromatic hydroxyl groups is 1. The summed E-state index contributed by atoms with van der Waals surface area (Å²) in [6.45, 7) is 0. The predicted molar refractivity (Wildman–Crippen MR) is 81.7 cm³/mol. The quantitative estimate of drug-likeness (QED) is 0.927. The van der Waals surface area contributed by atoms with Crippen LogP contribution >= 0.6 is 23.2 Å². The number of hydrogen-bond donors (Lipinski definition) is 1. The Balaban J connectivity index is 2.19. The molecule has 0 fully saturated rings. The molecule has 1 unspecified atom stereocenters. The third-order valence-electron chi connectivity index (χ3n) is 2.50. The minimum absolute atomic E-state index is 0.0797. The van der Waals surface area contributed by atoms with E-state index in [-0.39, 0.29) is 15.8 Å². The van der Waals surface area contributed by atoms with Gasteiger partial charge in [-0.25, -0.2) is 0 Å². The zero-order chi connectivity index (χ0) is 14.7. The average molecular weight is 332 g/mol. The first-order chi connectivity index (χ1) is 9.49. The summed E-state index contributed by atoms with van der Waals surface area (Å²) in [6, 6.07) is 11.7. The van der Waals surface area contributed by atoms with Crippen LogP contribution in [-0.2, 0) is 11.3 Å². The SMILES string of the molecule is CN(c1cc(Cl)c(O)c(Cl)c1)S(=O)Oc1ccccc1. The summed E-state index contributed by atoms with van der Waals surface area (Å²) in [4.78, 5) is 0. The molecule has 0 aliphatic heterocycles. The summed E-state index contributed by atoms with van der Waals surface area (Å²) in [6.07, 6.45) is 0. The highest BCUT2D eigenvalue weighted by atomic mass is 35.5. The van der Waals surface area contributed by atoms with E-state index in [1.54, 1.807) is 31.3 Å². The number of halogens is 2. The van der Waals surface area contributed by atoms with E-state index in [0.29, 0.717) is 11.4 Å². The number of benzene rings is 2. The third kappa shape index (κ3) is 3.36. The number of phenolic OH excluding ortho intramolecular Hbond substituents is 1. The van der Waals surface area contributed by atoms with Gasteiger partial charge in [-0.3, -0.25) is 4.31 Å². The molecule has 0 aromatic heterocycles. The summed E-state index contributed by atoms with van der Waals surface area (Å²) in [5.41, 5.74) is 0.465. The van der Waals surface area contributed by atoms with E-state index in [1.807, 2.05) is 6.07 Å². The Morgan fingerprint density at radius 3 is 2.25 bits per heavy atom. The summed E-state index contributed by atoms with van der Waals surface area (Å²) < 4.78 is 18.7. The zero-order valence-corrected chi connectivity index (χ0v) is 12.7. The predicted octanol–water partition coefficient (Wildman–Crippen LogP) is 3.79. The lowest BCUT2D eigenvalue weighted by molar-refractivity contribution is 0.476. The van der Waals surface area contributed by atoms with Crippen LogP contribution in [0.5, 0.6) is 11.5 Å². The molecule has 1 atom stereocenters. The van der Waals surface area contributed by atoms with Crippen molar-refractivity contribution in [2.75, 3.05) is 11.4 Å². The van der Waals surface area contributed by atoms with Crippen molar-refractivity contribution in [1.82, 2.24) is 0 Å². The lowest BCUT2D eigenvalue weighted by Crippen LogP contribution is -2.24. The second-order valence-corrected chi connectivity index (χ2v) is 5.83. The van der Waals surface area contributed by atoms with Crippen molar-refractivity contribution >= 4 is 40.2 Å². The number of phenols is 1. The van der Waals surface area contributed by atoms with E-state index in [9.17, 15) is 9.32 Å². The second-order valence-electron chi connectivity index (χ2n) is 3.87. The molecule has 0 aliphatic carbocycles. The fourth-order valence-electron chi connectivity index (χ4n) is 1.43. The molecule has 20 heavy (non-hydrogen) atoms. The maximum absolute atomic E-state index is 12.1. The van der Waals surface area contributed by atoms with E-state index >= 15 is 0 Å². The molecule has 4 nitrogen and oxygen atoms in total. The molecule has 1 N–H and O–H groups in total. The first-order valence-electron chi connectivity index (χ1n) is 5.56. The normalized spacial score (nSPS) is 11.9. The van der Waals surface area contributed by atoms with Crippen molar-refractivity contribution in [3.05, 3.63) is 52.5 Å². The van der Waals surface area contributed by atoms with Crippen molar-refractivity contribution < 1.29 is 13.5 Å². The van der Waals surface area contributed by atoms with Crippen LogP contribution in [0.1, 0.15) is 0 Å². The van der Waals surface area contributed by atoms with E-state index in [0.717, 1.165) is 0 Å². The van der Waals surface area contributed by atoms with Crippen LogP contribution in [0.15, 0.2) is 42.5 Å². The van der Waals surface area contributed by atoms with Gasteiger partial charge in [-0.2, -0.15) is 4.21 Å². The van der Waals surface area contributed by atoms with Crippen molar-refractivity contribution in [2.45, 2.75) is 0 Å². The lowest BCUT2D eigenvalue weighted by Gasteiger charge is -2.18. The fourth-order valence-corrected chi connectivity index (χ4v) is 2.57. The maximum Gasteiger partial charge on any atom is 0.318 e. The van der Waals surface area contributed by atoms with Gasteiger partial charge in [0.2, 0.25) is 0 Å². The van der Waals surface area contributed by atoms with Crippen LogP contribution in [0.4, 0.5) is 5.69 Å². The second kappa shape index (κ2) is 6.35. The van der Waals surface area contributed by atoms with Crippen molar-refractivity contribution in [1.29, 1.82) is 0 Å². The standard InChI is InChI=1S/C13H11Cl2NO3S/c1-16(9-7-11(14)13(17)12(15)8-9)20(18)19-10-5-3-2-4-6-10/h2-8,17H,1H3. The number of para-hydroxylation sites is 1. The molecule has 7 heteroatoms. The molecule has 0 bridgehead atoms. The molecular weight excluding hydrogens is 321 g/mol. The van der Waals surface area contributed by atoms with Gasteiger partial charge in [0.05, 0.1) is 15.7 Å². The molecule has 0 spiro atoms. The van der Waals surface area contributed by atoms with E-state index < -0.39 is 11.3 Å². The Bertz CT molecular complexity index is 614. The molecule has 0 saturated carbocycles. The minimum Gasteiger partial charge on any atom is -0.505 e. The van der Waals surface area contributed by atoms with Gasteiger partial charge in [0.1, 0.15) is 5.75 Å². The van der Waals surface area contributed by atoms with E-state index in [2.05, 4.69) is 0 Å². The molecule has 0 aliphatic rings. The van der Waals surface area contributed by atoms with E-state index in [4.69, 9.17) is 27.4 Å². The van der Waals surface area contributed by atoms with Gasteiger partial charge >= 0.3 is 11.3 Å². The van der Waals surface area contributed by atoms with Gasteiger partial charge in [0.15, 0.2) is 5.75 Å². The van der Waals surface area contributed by atoms with Crippen LogP contribution in [-0.4, -0.2) is 16.4 Å². The van der Waals surface area contributed by atoms with Crippen LogP contribution in [0.3, 0.4) is 0 Å². The highest BCUT2D eigenvalue weighted by molar-refractivity contribution is 7.82. The van der Waals surface area contributed by atoms with Gasteiger partial charge in [-0.15, -0.1) is 0 Å². The van der Waals surface area contributed by atoms with E-state index in [1.165, 1.54) is 16.4 Å². The largest absolute Gasteiger partial charge is 0.505 e. The van der Waals surface area contributed by atoms with Crippen LogP contribution in [0.25, 0.3) is 0 Å². The van der Waals surface area contributed by atoms with Gasteiger partial charge in [0.25, 0.3) is 0 Å². The lowest BCUT2D eigenvalue weighted by atomic mass is 10.3. The zero-order valence-electron chi connectivity index (χ0n) is 10.4. The summed E-state index contributed by atoms with van der Waals surface area (Å²) in [5, 5.41) is 9.66. The molecule has 2 aromatic rings. The molecule has 0 heterocycles. The molecule has 0 saturated heterocycles. The first-order valence-corrected chi connectivity index (χ1v) is 7.35. The number of hydrogen-bond acceptors (Lipinski definition) is 3. The molecule has 106 valence electrons. The van der Waals surface area contributed by atoms with Crippen molar-refractivity contribution in [3.8, 4) is 11.5 Å². The molecule has 2 aromatic carbocycles. The van der Waals surface area contributed by atoms with Crippen molar-refractivity contribution in [3.63, 3.8) is 0 Å². The summed E-state index contributed by atoms with van der Waals surface area (Å²) in [5.74, 6) is 0.272. The number of anilines is 1. The molecule has 2 rings (SSSR count).